The molecule has 70 valence electrons. The molecule has 1 N–H and O–H groups in total. The minimum absolute atomic E-state index is 0.0614. The number of unbranched alkanes of at least 4 members (excludes halogenated alkanes) is 1. The van der Waals surface area contributed by atoms with Crippen molar-refractivity contribution in [3.05, 3.63) is 12.3 Å². The Bertz CT molecular complexity index is 152. The Morgan fingerprint density at radius 2 is 2.33 bits per heavy atom. The van der Waals surface area contributed by atoms with Crippen LogP contribution in [-0.2, 0) is 9.53 Å². The van der Waals surface area contributed by atoms with Gasteiger partial charge in [-0.1, -0.05) is 19.8 Å². The average Bonchev–Trinajstić information content (AvgIpc) is 2.01. The maximum atomic E-state index is 10.7. The van der Waals surface area contributed by atoms with Crippen LogP contribution in [-0.4, -0.2) is 17.2 Å². The summed E-state index contributed by atoms with van der Waals surface area (Å²) < 4.78 is 4.91. The molecule has 0 aliphatic rings. The molecule has 0 amide bonds. The minimum atomic E-state index is -0.485. The zero-order valence-electron chi connectivity index (χ0n) is 7.62. The molecular weight excluding hydrogens is 156 g/mol. The van der Waals surface area contributed by atoms with Gasteiger partial charge in [0, 0.05) is 0 Å². The summed E-state index contributed by atoms with van der Waals surface area (Å²) in [5, 5.41) is 8.24. The van der Waals surface area contributed by atoms with Crippen LogP contribution in [0, 0.1) is 0 Å². The fraction of sp³-hybridized carbons (Fsp3) is 0.667. The third kappa shape index (κ3) is 5.77. The molecule has 0 heterocycles. The first-order chi connectivity index (χ1) is 5.70. The first-order valence-electron chi connectivity index (χ1n) is 4.22. The summed E-state index contributed by atoms with van der Waals surface area (Å²) in [7, 11) is 0. The fourth-order valence-corrected chi connectivity index (χ4v) is 0.849. The molecule has 0 aliphatic carbocycles. The standard InChI is InChI=1S/C9H16O3/c1-3-4-5-8(2)12-9(11)6-7-10/h6-8,10H,3-5H2,1-2H3. The van der Waals surface area contributed by atoms with Crippen LogP contribution in [0.5, 0.6) is 0 Å². The summed E-state index contributed by atoms with van der Waals surface area (Å²) in [4.78, 5) is 10.7. The number of ether oxygens (including phenoxy) is 1. The van der Waals surface area contributed by atoms with Crippen LogP contribution in [0.3, 0.4) is 0 Å². The van der Waals surface area contributed by atoms with Crippen molar-refractivity contribution in [2.45, 2.75) is 39.2 Å². The summed E-state index contributed by atoms with van der Waals surface area (Å²) in [6.07, 6.45) is 4.65. The lowest BCUT2D eigenvalue weighted by atomic mass is 10.2. The SMILES string of the molecule is CCCCC(C)OC(=O)C=CO. The summed E-state index contributed by atoms with van der Waals surface area (Å²) in [5.74, 6) is -0.485. The highest BCUT2D eigenvalue weighted by Gasteiger charge is 2.05. The molecule has 0 saturated carbocycles. The average molecular weight is 172 g/mol. The molecule has 12 heavy (non-hydrogen) atoms. The Morgan fingerprint density at radius 3 is 2.83 bits per heavy atom. The second kappa shape index (κ2) is 6.70. The van der Waals surface area contributed by atoms with Crippen LogP contribution in [0.4, 0.5) is 0 Å². The van der Waals surface area contributed by atoms with Gasteiger partial charge in [-0.2, -0.15) is 0 Å². The van der Waals surface area contributed by atoms with E-state index in [1.54, 1.807) is 0 Å². The summed E-state index contributed by atoms with van der Waals surface area (Å²) in [5.41, 5.74) is 0. The number of esters is 1. The number of rotatable bonds is 5. The number of aliphatic hydroxyl groups excluding tert-OH is 1. The molecule has 0 aromatic rings. The molecule has 0 fully saturated rings. The topological polar surface area (TPSA) is 46.5 Å². The normalized spacial score (nSPS) is 13.2. The van der Waals surface area contributed by atoms with Gasteiger partial charge in [0.2, 0.25) is 0 Å². The summed E-state index contributed by atoms with van der Waals surface area (Å²) in [6.45, 7) is 3.93. The quantitative estimate of drug-likeness (QED) is 0.393. The smallest absolute Gasteiger partial charge is 0.334 e. The molecule has 0 radical (unpaired) electrons. The largest absolute Gasteiger partial charge is 0.515 e. The van der Waals surface area contributed by atoms with Gasteiger partial charge in [-0.3, -0.25) is 0 Å². The molecule has 0 aromatic carbocycles. The minimum Gasteiger partial charge on any atom is -0.515 e. The lowest BCUT2D eigenvalue weighted by Gasteiger charge is -2.10. The maximum Gasteiger partial charge on any atom is 0.334 e. The van der Waals surface area contributed by atoms with Gasteiger partial charge in [-0.15, -0.1) is 0 Å². The van der Waals surface area contributed by atoms with E-state index in [4.69, 9.17) is 9.84 Å². The van der Waals surface area contributed by atoms with Crippen molar-refractivity contribution in [1.29, 1.82) is 0 Å². The van der Waals surface area contributed by atoms with Crippen molar-refractivity contribution in [1.82, 2.24) is 0 Å². The molecular formula is C9H16O3. The van der Waals surface area contributed by atoms with Gasteiger partial charge in [0.25, 0.3) is 0 Å². The second-order valence-corrected chi connectivity index (χ2v) is 2.71. The second-order valence-electron chi connectivity index (χ2n) is 2.71. The van der Waals surface area contributed by atoms with Crippen molar-refractivity contribution < 1.29 is 14.6 Å². The Balaban J connectivity index is 3.53. The lowest BCUT2D eigenvalue weighted by molar-refractivity contribution is -0.142. The molecule has 0 aromatic heterocycles. The zero-order valence-corrected chi connectivity index (χ0v) is 7.62. The molecule has 3 nitrogen and oxygen atoms in total. The van der Waals surface area contributed by atoms with E-state index in [1.807, 2.05) is 6.92 Å². The van der Waals surface area contributed by atoms with Crippen molar-refractivity contribution in [2.24, 2.45) is 0 Å². The van der Waals surface area contributed by atoms with E-state index in [9.17, 15) is 4.79 Å². The van der Waals surface area contributed by atoms with Crippen LogP contribution < -0.4 is 0 Å². The zero-order chi connectivity index (χ0) is 9.40. The number of aliphatic hydroxyl groups is 1. The van der Waals surface area contributed by atoms with Crippen LogP contribution in [0.2, 0.25) is 0 Å². The number of hydrogen-bond acceptors (Lipinski definition) is 3. The Kier molecular flexibility index (Phi) is 6.15. The van der Waals surface area contributed by atoms with E-state index >= 15 is 0 Å². The van der Waals surface area contributed by atoms with Crippen molar-refractivity contribution in [3.8, 4) is 0 Å². The van der Waals surface area contributed by atoms with Gasteiger partial charge >= 0.3 is 5.97 Å². The Morgan fingerprint density at radius 1 is 1.67 bits per heavy atom. The van der Waals surface area contributed by atoms with Gasteiger partial charge in [-0.25, -0.2) is 4.79 Å². The maximum absolute atomic E-state index is 10.7. The van der Waals surface area contributed by atoms with Crippen LogP contribution in [0.25, 0.3) is 0 Å². The van der Waals surface area contributed by atoms with Crippen LogP contribution in [0.15, 0.2) is 12.3 Å². The van der Waals surface area contributed by atoms with Gasteiger partial charge in [-0.05, 0) is 13.3 Å². The van der Waals surface area contributed by atoms with Crippen molar-refractivity contribution >= 4 is 5.97 Å². The molecule has 0 aliphatic heterocycles. The molecule has 0 spiro atoms. The van der Waals surface area contributed by atoms with Gasteiger partial charge in [0.1, 0.15) is 0 Å². The Hall–Kier alpha value is -0.990. The van der Waals surface area contributed by atoms with Crippen LogP contribution in [0.1, 0.15) is 33.1 Å². The predicted molar refractivity (Wildman–Crippen MR) is 46.8 cm³/mol. The monoisotopic (exact) mass is 172 g/mol. The first kappa shape index (κ1) is 11.0. The van der Waals surface area contributed by atoms with E-state index in [1.165, 1.54) is 0 Å². The number of hydrogen-bond donors (Lipinski definition) is 1. The first-order valence-corrected chi connectivity index (χ1v) is 4.22. The van der Waals surface area contributed by atoms with Gasteiger partial charge in [0.05, 0.1) is 18.4 Å². The van der Waals surface area contributed by atoms with Crippen LogP contribution >= 0.6 is 0 Å². The summed E-state index contributed by atoms with van der Waals surface area (Å²) in [6, 6.07) is 0. The van der Waals surface area contributed by atoms with E-state index < -0.39 is 5.97 Å². The third-order valence-electron chi connectivity index (χ3n) is 1.49. The van der Waals surface area contributed by atoms with Gasteiger partial charge < -0.3 is 9.84 Å². The molecule has 3 heteroatoms. The number of carbonyl (C=O) groups is 1. The summed E-state index contributed by atoms with van der Waals surface area (Å²) >= 11 is 0. The van der Waals surface area contributed by atoms with E-state index in [-0.39, 0.29) is 6.10 Å². The molecule has 0 saturated heterocycles. The van der Waals surface area contributed by atoms with Crippen molar-refractivity contribution in [3.63, 3.8) is 0 Å². The highest BCUT2D eigenvalue weighted by molar-refractivity contribution is 5.81. The van der Waals surface area contributed by atoms with E-state index in [0.29, 0.717) is 6.26 Å². The van der Waals surface area contributed by atoms with Crippen molar-refractivity contribution in [2.75, 3.05) is 0 Å². The van der Waals surface area contributed by atoms with Gasteiger partial charge in [0.15, 0.2) is 0 Å². The highest BCUT2D eigenvalue weighted by atomic mass is 16.5. The number of carbonyl (C=O) groups excluding carboxylic acids is 1. The van der Waals surface area contributed by atoms with E-state index in [0.717, 1.165) is 25.3 Å². The lowest BCUT2D eigenvalue weighted by Crippen LogP contribution is -2.12. The third-order valence-corrected chi connectivity index (χ3v) is 1.49. The highest BCUT2D eigenvalue weighted by Crippen LogP contribution is 2.04. The van der Waals surface area contributed by atoms with E-state index in [2.05, 4.69) is 6.92 Å². The molecule has 1 unspecified atom stereocenters. The molecule has 0 rings (SSSR count). The molecule has 0 bridgehead atoms. The molecule has 1 atom stereocenters. The Labute approximate surface area is 73.0 Å². The predicted octanol–water partition coefficient (Wildman–Crippen LogP) is 2.18. The fourth-order valence-electron chi connectivity index (χ4n) is 0.849.